The molecule has 0 unspecified atom stereocenters. The number of tetrazole rings is 1. The number of ether oxygens (including phenoxy) is 1. The van der Waals surface area contributed by atoms with Crippen molar-refractivity contribution in [3.8, 4) is 11.4 Å². The second-order valence-electron chi connectivity index (χ2n) is 3.13. The van der Waals surface area contributed by atoms with E-state index in [-0.39, 0.29) is 0 Å². The Morgan fingerprint density at radius 2 is 2.06 bits per heavy atom. The Labute approximate surface area is 97.5 Å². The molecule has 1 heterocycles. The molecule has 6 nitrogen and oxygen atoms in total. The SMILES string of the molecule is COc1ccc(-n2nnc(/C=C/C=O)n2)cc1. The molecule has 0 saturated heterocycles. The van der Waals surface area contributed by atoms with E-state index >= 15 is 0 Å². The minimum absolute atomic E-state index is 0.382. The normalized spacial score (nSPS) is 10.6. The molecule has 2 rings (SSSR count). The van der Waals surface area contributed by atoms with Crippen molar-refractivity contribution < 1.29 is 9.53 Å². The van der Waals surface area contributed by atoms with E-state index < -0.39 is 0 Å². The minimum Gasteiger partial charge on any atom is -0.497 e. The first-order valence-corrected chi connectivity index (χ1v) is 4.90. The third kappa shape index (κ3) is 2.54. The summed E-state index contributed by atoms with van der Waals surface area (Å²) < 4.78 is 5.05. The monoisotopic (exact) mass is 230 g/mol. The second-order valence-corrected chi connectivity index (χ2v) is 3.13. The van der Waals surface area contributed by atoms with Crippen LogP contribution in [0.25, 0.3) is 11.8 Å². The van der Waals surface area contributed by atoms with E-state index in [4.69, 9.17) is 4.74 Å². The van der Waals surface area contributed by atoms with Crippen LogP contribution >= 0.6 is 0 Å². The van der Waals surface area contributed by atoms with Crippen LogP contribution in [-0.2, 0) is 4.79 Å². The van der Waals surface area contributed by atoms with Gasteiger partial charge in [0, 0.05) is 0 Å². The van der Waals surface area contributed by atoms with Gasteiger partial charge < -0.3 is 4.74 Å². The Morgan fingerprint density at radius 1 is 1.29 bits per heavy atom. The van der Waals surface area contributed by atoms with Gasteiger partial charge in [-0.05, 0) is 41.6 Å². The van der Waals surface area contributed by atoms with E-state index in [1.807, 2.05) is 12.1 Å². The number of hydrogen-bond acceptors (Lipinski definition) is 5. The van der Waals surface area contributed by atoms with E-state index in [1.165, 1.54) is 16.9 Å². The van der Waals surface area contributed by atoms with Crippen molar-refractivity contribution in [2.24, 2.45) is 0 Å². The van der Waals surface area contributed by atoms with Crippen molar-refractivity contribution >= 4 is 12.4 Å². The van der Waals surface area contributed by atoms with Gasteiger partial charge >= 0.3 is 0 Å². The summed E-state index contributed by atoms with van der Waals surface area (Å²) in [7, 11) is 1.60. The van der Waals surface area contributed by atoms with Crippen molar-refractivity contribution in [1.29, 1.82) is 0 Å². The Morgan fingerprint density at radius 3 is 2.71 bits per heavy atom. The maximum absolute atomic E-state index is 10.1. The largest absolute Gasteiger partial charge is 0.497 e. The van der Waals surface area contributed by atoms with Gasteiger partial charge in [-0.1, -0.05) is 0 Å². The first-order valence-electron chi connectivity index (χ1n) is 4.90. The maximum Gasteiger partial charge on any atom is 0.198 e. The molecule has 0 saturated carbocycles. The summed E-state index contributed by atoms with van der Waals surface area (Å²) in [5.74, 6) is 1.14. The molecule has 0 bridgehead atoms. The molecule has 17 heavy (non-hydrogen) atoms. The molecule has 1 aromatic carbocycles. The van der Waals surface area contributed by atoms with E-state index in [2.05, 4.69) is 15.4 Å². The number of benzene rings is 1. The smallest absolute Gasteiger partial charge is 0.198 e. The molecule has 0 N–H and O–H groups in total. The lowest BCUT2D eigenvalue weighted by Crippen LogP contribution is -1.98. The summed E-state index contributed by atoms with van der Waals surface area (Å²) >= 11 is 0. The molecule has 0 spiro atoms. The Hall–Kier alpha value is -2.50. The quantitative estimate of drug-likeness (QED) is 0.576. The third-order valence-corrected chi connectivity index (χ3v) is 2.06. The molecule has 0 amide bonds. The van der Waals surface area contributed by atoms with Crippen molar-refractivity contribution in [3.63, 3.8) is 0 Å². The van der Waals surface area contributed by atoms with Crippen LogP contribution in [0.15, 0.2) is 30.3 Å². The summed E-state index contributed by atoms with van der Waals surface area (Å²) in [6, 6.07) is 7.24. The topological polar surface area (TPSA) is 69.9 Å². The van der Waals surface area contributed by atoms with Gasteiger partial charge in [-0.2, -0.15) is 0 Å². The minimum atomic E-state index is 0.382. The number of allylic oxidation sites excluding steroid dienone is 1. The van der Waals surface area contributed by atoms with E-state index in [9.17, 15) is 4.79 Å². The summed E-state index contributed by atoms with van der Waals surface area (Å²) in [6.07, 6.45) is 3.46. The van der Waals surface area contributed by atoms with Crippen molar-refractivity contribution in [2.45, 2.75) is 0 Å². The number of methoxy groups -OCH3 is 1. The molecule has 2 aromatic rings. The molecule has 6 heteroatoms. The average Bonchev–Trinajstić information content (AvgIpc) is 2.85. The summed E-state index contributed by atoms with van der Waals surface area (Å²) in [6.45, 7) is 0. The van der Waals surface area contributed by atoms with Gasteiger partial charge in [0.2, 0.25) is 0 Å². The molecule has 1 aromatic heterocycles. The summed E-state index contributed by atoms with van der Waals surface area (Å²) in [5.41, 5.74) is 0.768. The van der Waals surface area contributed by atoms with Gasteiger partial charge in [0.15, 0.2) is 5.82 Å². The summed E-state index contributed by atoms with van der Waals surface area (Å²) in [5, 5.41) is 11.7. The van der Waals surface area contributed by atoms with E-state index in [0.717, 1.165) is 11.4 Å². The molecule has 0 atom stereocenters. The van der Waals surface area contributed by atoms with Crippen LogP contribution in [0.2, 0.25) is 0 Å². The number of carbonyl (C=O) groups is 1. The highest BCUT2D eigenvalue weighted by Gasteiger charge is 2.02. The van der Waals surface area contributed by atoms with Crippen LogP contribution in [0.1, 0.15) is 5.82 Å². The average molecular weight is 230 g/mol. The van der Waals surface area contributed by atoms with Crippen LogP contribution in [0, 0.1) is 0 Å². The fourth-order valence-corrected chi connectivity index (χ4v) is 1.24. The van der Waals surface area contributed by atoms with Crippen molar-refractivity contribution in [1.82, 2.24) is 20.2 Å². The molecular weight excluding hydrogens is 220 g/mol. The number of aromatic nitrogens is 4. The van der Waals surface area contributed by atoms with Crippen LogP contribution < -0.4 is 4.74 Å². The summed E-state index contributed by atoms with van der Waals surface area (Å²) in [4.78, 5) is 11.5. The number of nitrogens with zero attached hydrogens (tertiary/aromatic N) is 4. The number of hydrogen-bond donors (Lipinski definition) is 0. The van der Waals surface area contributed by atoms with Crippen LogP contribution in [0.4, 0.5) is 0 Å². The Kier molecular flexibility index (Phi) is 3.25. The van der Waals surface area contributed by atoms with Gasteiger partial charge in [-0.3, -0.25) is 4.79 Å². The molecular formula is C11H10N4O2. The molecule has 0 fully saturated rings. The first kappa shape index (κ1) is 11.0. The highest BCUT2D eigenvalue weighted by molar-refractivity contribution is 5.72. The Balaban J connectivity index is 2.23. The van der Waals surface area contributed by atoms with Gasteiger partial charge in [-0.15, -0.1) is 15.0 Å². The van der Waals surface area contributed by atoms with Crippen LogP contribution in [-0.4, -0.2) is 33.6 Å². The van der Waals surface area contributed by atoms with Crippen molar-refractivity contribution in [3.05, 3.63) is 36.2 Å². The molecule has 0 aliphatic carbocycles. The van der Waals surface area contributed by atoms with Gasteiger partial charge in [0.25, 0.3) is 0 Å². The third-order valence-electron chi connectivity index (χ3n) is 2.06. The predicted molar refractivity (Wildman–Crippen MR) is 60.8 cm³/mol. The standard InChI is InChI=1S/C11H10N4O2/c1-17-10-6-4-9(5-7-10)15-13-11(12-14-15)3-2-8-16/h2-8H,1H3/b3-2+. The molecule has 0 radical (unpaired) electrons. The van der Waals surface area contributed by atoms with E-state index in [0.29, 0.717) is 12.1 Å². The number of rotatable bonds is 4. The van der Waals surface area contributed by atoms with Crippen LogP contribution in [0.3, 0.4) is 0 Å². The first-order chi connectivity index (χ1) is 8.33. The molecule has 0 aliphatic rings. The van der Waals surface area contributed by atoms with Crippen LogP contribution in [0.5, 0.6) is 5.75 Å². The van der Waals surface area contributed by atoms with Gasteiger partial charge in [0.05, 0.1) is 12.8 Å². The molecule has 0 aliphatic heterocycles. The zero-order chi connectivity index (χ0) is 12.1. The van der Waals surface area contributed by atoms with Gasteiger partial charge in [-0.25, -0.2) is 0 Å². The number of carbonyl (C=O) groups excluding carboxylic acids is 1. The fraction of sp³-hybridized carbons (Fsp3) is 0.0909. The lowest BCUT2D eigenvalue weighted by molar-refractivity contribution is -0.104. The number of aldehydes is 1. The highest BCUT2D eigenvalue weighted by atomic mass is 16.5. The lowest BCUT2D eigenvalue weighted by Gasteiger charge is -2.00. The zero-order valence-electron chi connectivity index (χ0n) is 9.15. The maximum atomic E-state index is 10.1. The van der Waals surface area contributed by atoms with E-state index in [1.54, 1.807) is 19.2 Å². The highest BCUT2D eigenvalue weighted by Crippen LogP contribution is 2.13. The lowest BCUT2D eigenvalue weighted by atomic mass is 10.3. The predicted octanol–water partition coefficient (Wildman–Crippen LogP) is 0.883. The van der Waals surface area contributed by atoms with Crippen molar-refractivity contribution in [2.75, 3.05) is 7.11 Å². The van der Waals surface area contributed by atoms with Gasteiger partial charge in [0.1, 0.15) is 12.0 Å². The molecule has 86 valence electrons. The Bertz CT molecular complexity index is 531. The fourth-order valence-electron chi connectivity index (χ4n) is 1.24. The second kappa shape index (κ2) is 5.02. The zero-order valence-corrected chi connectivity index (χ0v) is 9.15.